The third-order valence-electron chi connectivity index (χ3n) is 5.05. The predicted molar refractivity (Wildman–Crippen MR) is 115 cm³/mol. The van der Waals surface area contributed by atoms with Gasteiger partial charge in [-0.1, -0.05) is 56.1 Å². The molecule has 1 aromatic carbocycles. The van der Waals surface area contributed by atoms with Gasteiger partial charge in [0.25, 0.3) is 10.1 Å². The van der Waals surface area contributed by atoms with Crippen LogP contribution in [-0.2, 0) is 18.7 Å². The van der Waals surface area contributed by atoms with Crippen molar-refractivity contribution in [1.82, 2.24) is 4.98 Å². The van der Waals surface area contributed by atoms with Crippen LogP contribution in [0.1, 0.15) is 38.0 Å². The first-order chi connectivity index (χ1) is 12.8. The SMILES string of the molecule is Cc1ccc(S(=O)(=O)OCC(O[Si](C)(C)C(C)(C)C)c2ccc(Cl)nc2)cc1. The Kier molecular flexibility index (Phi) is 7.10. The molecule has 28 heavy (non-hydrogen) atoms. The molecular weight excluding hydrogens is 414 g/mol. The Hall–Kier alpha value is -1.25. The summed E-state index contributed by atoms with van der Waals surface area (Å²) in [4.78, 5) is 4.22. The molecule has 8 heteroatoms. The van der Waals surface area contributed by atoms with E-state index in [9.17, 15) is 8.42 Å². The molecule has 0 saturated heterocycles. The fraction of sp³-hybridized carbons (Fsp3) is 0.450. The van der Waals surface area contributed by atoms with E-state index in [4.69, 9.17) is 20.2 Å². The Balaban J connectivity index is 2.26. The van der Waals surface area contributed by atoms with Gasteiger partial charge in [0.05, 0.1) is 17.6 Å². The van der Waals surface area contributed by atoms with Gasteiger partial charge in [-0.3, -0.25) is 4.18 Å². The highest BCUT2D eigenvalue weighted by molar-refractivity contribution is 7.86. The first kappa shape index (κ1) is 23.0. The van der Waals surface area contributed by atoms with E-state index in [2.05, 4.69) is 38.8 Å². The number of pyridine rings is 1. The van der Waals surface area contributed by atoms with Crippen LogP contribution in [0.4, 0.5) is 0 Å². The number of aromatic nitrogens is 1. The molecule has 5 nitrogen and oxygen atoms in total. The monoisotopic (exact) mass is 441 g/mol. The van der Waals surface area contributed by atoms with Crippen molar-refractivity contribution in [3.8, 4) is 0 Å². The zero-order chi connectivity index (χ0) is 21.2. The molecule has 154 valence electrons. The van der Waals surface area contributed by atoms with Crippen LogP contribution < -0.4 is 0 Å². The van der Waals surface area contributed by atoms with Gasteiger partial charge in [-0.15, -0.1) is 0 Å². The number of halogens is 1. The van der Waals surface area contributed by atoms with Crippen LogP contribution >= 0.6 is 11.6 Å². The summed E-state index contributed by atoms with van der Waals surface area (Å²) in [7, 11) is -6.07. The summed E-state index contributed by atoms with van der Waals surface area (Å²) in [6.45, 7) is 12.4. The highest BCUT2D eigenvalue weighted by atomic mass is 35.5. The molecular formula is C20H28ClNO4SSi. The molecule has 1 unspecified atom stereocenters. The standard InChI is InChI=1S/C20H28ClNO4SSi/c1-15-7-10-17(11-8-15)27(23,24)25-14-18(16-9-12-19(21)22-13-16)26-28(5,6)20(2,3)4/h7-13,18H,14H2,1-6H3. The smallest absolute Gasteiger partial charge is 0.297 e. The molecule has 1 aromatic heterocycles. The van der Waals surface area contributed by atoms with E-state index >= 15 is 0 Å². The maximum atomic E-state index is 12.6. The molecule has 0 aliphatic rings. The quantitative estimate of drug-likeness (QED) is 0.322. The molecule has 2 aromatic rings. The number of hydrogen-bond acceptors (Lipinski definition) is 5. The van der Waals surface area contributed by atoms with Crippen molar-refractivity contribution in [3.05, 3.63) is 58.9 Å². The van der Waals surface area contributed by atoms with Gasteiger partial charge in [0.1, 0.15) is 5.15 Å². The number of nitrogens with zero attached hydrogens (tertiary/aromatic N) is 1. The maximum absolute atomic E-state index is 12.6. The highest BCUT2D eigenvalue weighted by Gasteiger charge is 2.40. The van der Waals surface area contributed by atoms with Crippen LogP contribution in [0, 0.1) is 6.92 Å². The van der Waals surface area contributed by atoms with Gasteiger partial charge < -0.3 is 4.43 Å². The minimum Gasteiger partial charge on any atom is -0.407 e. The van der Waals surface area contributed by atoms with E-state index in [0.717, 1.165) is 11.1 Å². The predicted octanol–water partition coefficient (Wildman–Crippen LogP) is 5.51. The largest absolute Gasteiger partial charge is 0.407 e. The molecule has 0 radical (unpaired) electrons. The van der Waals surface area contributed by atoms with Gasteiger partial charge in [-0.25, -0.2) is 4.98 Å². The molecule has 0 bridgehead atoms. The summed E-state index contributed by atoms with van der Waals surface area (Å²) < 4.78 is 37.0. The average Bonchev–Trinajstić information content (AvgIpc) is 2.59. The van der Waals surface area contributed by atoms with Crippen molar-refractivity contribution in [2.24, 2.45) is 0 Å². The van der Waals surface area contributed by atoms with E-state index < -0.39 is 24.5 Å². The van der Waals surface area contributed by atoms with E-state index in [1.165, 1.54) is 12.1 Å². The van der Waals surface area contributed by atoms with Crippen molar-refractivity contribution in [2.75, 3.05) is 6.61 Å². The van der Waals surface area contributed by atoms with Crippen LogP contribution in [0.25, 0.3) is 0 Å². The second kappa shape index (κ2) is 8.63. The molecule has 0 fully saturated rings. The lowest BCUT2D eigenvalue weighted by molar-refractivity contribution is 0.118. The Labute approximate surface area is 174 Å². The van der Waals surface area contributed by atoms with Crippen molar-refractivity contribution in [1.29, 1.82) is 0 Å². The van der Waals surface area contributed by atoms with E-state index in [1.54, 1.807) is 30.5 Å². The molecule has 1 heterocycles. The second-order valence-corrected chi connectivity index (χ2v) is 15.1. The van der Waals surface area contributed by atoms with E-state index in [-0.39, 0.29) is 16.5 Å². The first-order valence-electron chi connectivity index (χ1n) is 9.07. The van der Waals surface area contributed by atoms with Gasteiger partial charge >= 0.3 is 0 Å². The zero-order valence-electron chi connectivity index (χ0n) is 17.2. The summed E-state index contributed by atoms with van der Waals surface area (Å²) in [6, 6.07) is 10.0. The first-order valence-corrected chi connectivity index (χ1v) is 13.8. The Morgan fingerprint density at radius 3 is 2.21 bits per heavy atom. The summed E-state index contributed by atoms with van der Waals surface area (Å²) in [5.41, 5.74) is 1.71. The van der Waals surface area contributed by atoms with Gasteiger partial charge in [-0.2, -0.15) is 8.42 Å². The van der Waals surface area contributed by atoms with Crippen molar-refractivity contribution in [2.45, 2.75) is 56.8 Å². The van der Waals surface area contributed by atoms with Gasteiger partial charge in [0.15, 0.2) is 8.32 Å². The highest BCUT2D eigenvalue weighted by Crippen LogP contribution is 2.40. The lowest BCUT2D eigenvalue weighted by Gasteiger charge is -2.39. The molecule has 0 aliphatic carbocycles. The Morgan fingerprint density at radius 1 is 1.11 bits per heavy atom. The molecule has 0 N–H and O–H groups in total. The van der Waals surface area contributed by atoms with E-state index in [1.807, 2.05) is 6.92 Å². The second-order valence-electron chi connectivity index (χ2n) is 8.33. The summed E-state index contributed by atoms with van der Waals surface area (Å²) >= 11 is 5.89. The normalized spacial score (nSPS) is 14.1. The van der Waals surface area contributed by atoms with Crippen molar-refractivity contribution in [3.63, 3.8) is 0 Å². The van der Waals surface area contributed by atoms with Gasteiger partial charge in [0, 0.05) is 11.8 Å². The molecule has 0 saturated carbocycles. The van der Waals surface area contributed by atoms with Gasteiger partial charge in [-0.05, 0) is 43.3 Å². The third-order valence-corrected chi connectivity index (χ3v) is 11.1. The van der Waals surface area contributed by atoms with Crippen LogP contribution in [0.15, 0.2) is 47.5 Å². The average molecular weight is 442 g/mol. The topological polar surface area (TPSA) is 65.5 Å². The summed E-state index contributed by atoms with van der Waals surface area (Å²) in [5.74, 6) is 0. The molecule has 1 atom stereocenters. The number of hydrogen-bond donors (Lipinski definition) is 0. The molecule has 0 spiro atoms. The lowest BCUT2D eigenvalue weighted by Crippen LogP contribution is -2.42. The van der Waals surface area contributed by atoms with Crippen molar-refractivity contribution >= 4 is 30.0 Å². The fourth-order valence-corrected chi connectivity index (χ4v) is 4.52. The van der Waals surface area contributed by atoms with Crippen molar-refractivity contribution < 1.29 is 17.0 Å². The summed E-state index contributed by atoms with van der Waals surface area (Å²) in [6.07, 6.45) is 1.04. The van der Waals surface area contributed by atoms with Crippen LogP contribution in [0.3, 0.4) is 0 Å². The lowest BCUT2D eigenvalue weighted by atomic mass is 10.2. The van der Waals surface area contributed by atoms with Crippen LogP contribution in [0.2, 0.25) is 23.3 Å². The minimum absolute atomic E-state index is 0.0407. The number of benzene rings is 1. The Bertz CT molecular complexity index is 891. The summed E-state index contributed by atoms with van der Waals surface area (Å²) in [5, 5.41) is 0.323. The zero-order valence-corrected chi connectivity index (χ0v) is 19.8. The number of rotatable bonds is 7. The fourth-order valence-electron chi connectivity index (χ4n) is 2.23. The number of aryl methyl sites for hydroxylation is 1. The van der Waals surface area contributed by atoms with E-state index in [0.29, 0.717) is 5.15 Å². The Morgan fingerprint density at radius 2 is 1.71 bits per heavy atom. The third kappa shape index (κ3) is 5.87. The van der Waals surface area contributed by atoms with Gasteiger partial charge in [0.2, 0.25) is 0 Å². The molecule has 0 amide bonds. The molecule has 2 rings (SSSR count). The molecule has 0 aliphatic heterocycles. The maximum Gasteiger partial charge on any atom is 0.297 e. The minimum atomic E-state index is -3.89. The van der Waals surface area contributed by atoms with Crippen LogP contribution in [-0.4, -0.2) is 28.3 Å². The van der Waals surface area contributed by atoms with Crippen LogP contribution in [0.5, 0.6) is 0 Å².